The van der Waals surface area contributed by atoms with Gasteiger partial charge in [-0.1, -0.05) is 48.6 Å². The Morgan fingerprint density at radius 2 is 1.76 bits per heavy atom. The summed E-state index contributed by atoms with van der Waals surface area (Å²) in [4.78, 5) is 2.28. The topological polar surface area (TPSA) is 3.24 Å². The fourth-order valence-corrected chi connectivity index (χ4v) is 2.32. The van der Waals surface area contributed by atoms with Gasteiger partial charge in [0.15, 0.2) is 0 Å². The van der Waals surface area contributed by atoms with Gasteiger partial charge in [0, 0.05) is 24.9 Å². The van der Waals surface area contributed by atoms with Gasteiger partial charge in [-0.25, -0.2) is 0 Å². The molecule has 0 spiro atoms. The lowest BCUT2D eigenvalue weighted by Gasteiger charge is -2.30. The van der Waals surface area contributed by atoms with E-state index in [1.807, 2.05) is 0 Å². The number of hydrogen-bond acceptors (Lipinski definition) is 1. The highest BCUT2D eigenvalue weighted by molar-refractivity contribution is 5.71. The summed E-state index contributed by atoms with van der Waals surface area (Å²) in [5, 5.41) is 0. The molecule has 84 valence electrons. The van der Waals surface area contributed by atoms with E-state index < -0.39 is 0 Å². The number of nitrogens with zero attached hydrogens (tertiary/aromatic N) is 1. The molecule has 0 unspecified atom stereocenters. The highest BCUT2D eigenvalue weighted by Gasteiger charge is 2.18. The Morgan fingerprint density at radius 3 is 2.59 bits per heavy atom. The third-order valence-electron chi connectivity index (χ3n) is 3.28. The predicted octanol–water partition coefficient (Wildman–Crippen LogP) is 3.74. The van der Waals surface area contributed by atoms with Crippen molar-refractivity contribution < 1.29 is 0 Å². The summed E-state index contributed by atoms with van der Waals surface area (Å²) in [5.74, 6) is 0. The van der Waals surface area contributed by atoms with Crippen LogP contribution in [0.1, 0.15) is 12.0 Å². The van der Waals surface area contributed by atoms with Gasteiger partial charge in [-0.05, 0) is 23.3 Å². The smallest absolute Gasteiger partial charge is 0.0482 e. The van der Waals surface area contributed by atoms with E-state index in [1.54, 1.807) is 0 Å². The van der Waals surface area contributed by atoms with E-state index in [9.17, 15) is 0 Å². The average Bonchev–Trinajstić information content (AvgIpc) is 2.58. The minimum absolute atomic E-state index is 1.03. The maximum atomic E-state index is 2.28. The Balaban J connectivity index is 2.10. The summed E-state index contributed by atoms with van der Waals surface area (Å²) in [6, 6.07) is 10.6. The van der Waals surface area contributed by atoms with E-state index in [-0.39, 0.29) is 0 Å². The SMILES string of the molecule is CN1C2=CC=CC=C(C=C1c1ccccc1)C2. The zero-order valence-electron chi connectivity index (χ0n) is 9.93. The van der Waals surface area contributed by atoms with Crippen molar-refractivity contribution in [2.75, 3.05) is 7.05 Å². The Hall–Kier alpha value is -2.02. The van der Waals surface area contributed by atoms with Gasteiger partial charge in [-0.15, -0.1) is 0 Å². The number of benzene rings is 1. The molecule has 17 heavy (non-hydrogen) atoms. The second kappa shape index (κ2) is 4.10. The standard InChI is InChI=1S/C16H15N/c1-17-15-10-6-5-7-13(11-15)12-16(17)14-8-3-2-4-9-14/h2-10,12H,11H2,1H3. The molecular formula is C16H15N. The van der Waals surface area contributed by atoms with Crippen LogP contribution in [0.25, 0.3) is 5.70 Å². The van der Waals surface area contributed by atoms with Crippen LogP contribution < -0.4 is 0 Å². The molecule has 0 atom stereocenters. The normalized spacial score (nSPS) is 18.2. The molecule has 1 heteroatoms. The molecule has 1 aliphatic carbocycles. The Morgan fingerprint density at radius 1 is 1.00 bits per heavy atom. The third kappa shape index (κ3) is 1.84. The van der Waals surface area contributed by atoms with Crippen molar-refractivity contribution >= 4 is 5.70 Å². The largest absolute Gasteiger partial charge is 0.347 e. The molecule has 0 saturated carbocycles. The highest BCUT2D eigenvalue weighted by atomic mass is 15.1. The summed E-state index contributed by atoms with van der Waals surface area (Å²) in [5.41, 5.74) is 5.28. The molecule has 1 aromatic rings. The molecule has 0 fully saturated rings. The lowest BCUT2D eigenvalue weighted by Crippen LogP contribution is -2.20. The highest BCUT2D eigenvalue weighted by Crippen LogP contribution is 2.33. The molecule has 1 heterocycles. The van der Waals surface area contributed by atoms with Gasteiger partial charge >= 0.3 is 0 Å². The van der Waals surface area contributed by atoms with Crippen LogP contribution in [0.3, 0.4) is 0 Å². The van der Waals surface area contributed by atoms with Gasteiger partial charge < -0.3 is 4.90 Å². The predicted molar refractivity (Wildman–Crippen MR) is 72.1 cm³/mol. The second-order valence-electron chi connectivity index (χ2n) is 4.42. The van der Waals surface area contributed by atoms with Crippen molar-refractivity contribution in [2.24, 2.45) is 0 Å². The molecule has 0 radical (unpaired) electrons. The van der Waals surface area contributed by atoms with Gasteiger partial charge in [-0.3, -0.25) is 0 Å². The number of hydrogen-bond donors (Lipinski definition) is 0. The van der Waals surface area contributed by atoms with Crippen molar-refractivity contribution in [1.29, 1.82) is 0 Å². The summed E-state index contributed by atoms with van der Waals surface area (Å²) >= 11 is 0. The van der Waals surface area contributed by atoms with Crippen molar-refractivity contribution in [3.8, 4) is 0 Å². The maximum Gasteiger partial charge on any atom is 0.0482 e. The molecule has 0 N–H and O–H groups in total. The summed E-state index contributed by atoms with van der Waals surface area (Å²) in [7, 11) is 2.14. The molecule has 3 rings (SSSR count). The lowest BCUT2D eigenvalue weighted by molar-refractivity contribution is 0.567. The van der Waals surface area contributed by atoms with Crippen LogP contribution in [0, 0.1) is 0 Å². The maximum absolute atomic E-state index is 2.28. The number of allylic oxidation sites excluding steroid dienone is 6. The number of rotatable bonds is 1. The van der Waals surface area contributed by atoms with Crippen LogP contribution in [0.15, 0.2) is 72.0 Å². The quantitative estimate of drug-likeness (QED) is 0.698. The van der Waals surface area contributed by atoms with E-state index in [4.69, 9.17) is 0 Å². The first-order valence-electron chi connectivity index (χ1n) is 5.92. The minimum atomic E-state index is 1.03. The van der Waals surface area contributed by atoms with E-state index in [0.717, 1.165) is 6.42 Å². The van der Waals surface area contributed by atoms with Gasteiger partial charge in [0.1, 0.15) is 0 Å². The summed E-state index contributed by atoms with van der Waals surface area (Å²) in [6.07, 6.45) is 11.9. The van der Waals surface area contributed by atoms with Gasteiger partial charge in [-0.2, -0.15) is 0 Å². The fourth-order valence-electron chi connectivity index (χ4n) is 2.32. The zero-order valence-corrected chi connectivity index (χ0v) is 9.93. The van der Waals surface area contributed by atoms with E-state index >= 15 is 0 Å². The molecule has 2 aliphatic rings. The molecular weight excluding hydrogens is 206 g/mol. The van der Waals surface area contributed by atoms with Crippen LogP contribution in [-0.2, 0) is 0 Å². The Labute approximate surface area is 102 Å². The molecule has 0 saturated heterocycles. The Kier molecular flexibility index (Phi) is 2.45. The van der Waals surface area contributed by atoms with Gasteiger partial charge in [0.05, 0.1) is 0 Å². The average molecular weight is 221 g/mol. The van der Waals surface area contributed by atoms with Crippen molar-refractivity contribution in [1.82, 2.24) is 4.90 Å². The van der Waals surface area contributed by atoms with Crippen LogP contribution in [0.2, 0.25) is 0 Å². The lowest BCUT2D eigenvalue weighted by atomic mass is 9.99. The summed E-state index contributed by atoms with van der Waals surface area (Å²) in [6.45, 7) is 0. The molecule has 0 aromatic heterocycles. The monoisotopic (exact) mass is 221 g/mol. The Bertz CT molecular complexity index is 544. The van der Waals surface area contributed by atoms with E-state index in [1.165, 1.54) is 22.5 Å². The van der Waals surface area contributed by atoms with Gasteiger partial charge in [0.25, 0.3) is 0 Å². The second-order valence-corrected chi connectivity index (χ2v) is 4.42. The minimum Gasteiger partial charge on any atom is -0.347 e. The number of fused-ring (bicyclic) bond motifs is 2. The fraction of sp³-hybridized carbons (Fsp3) is 0.125. The molecule has 2 bridgehead atoms. The molecule has 1 aromatic carbocycles. The van der Waals surface area contributed by atoms with E-state index in [0.29, 0.717) is 0 Å². The first-order valence-corrected chi connectivity index (χ1v) is 5.92. The van der Waals surface area contributed by atoms with Crippen LogP contribution in [-0.4, -0.2) is 11.9 Å². The van der Waals surface area contributed by atoms with Crippen molar-refractivity contribution in [3.63, 3.8) is 0 Å². The van der Waals surface area contributed by atoms with Crippen molar-refractivity contribution in [2.45, 2.75) is 6.42 Å². The first kappa shape index (κ1) is 10.2. The summed E-state index contributed by atoms with van der Waals surface area (Å²) < 4.78 is 0. The van der Waals surface area contributed by atoms with E-state index in [2.05, 4.69) is 72.7 Å². The molecule has 0 amide bonds. The van der Waals surface area contributed by atoms with Crippen LogP contribution in [0.4, 0.5) is 0 Å². The molecule has 1 aliphatic heterocycles. The zero-order chi connectivity index (χ0) is 11.7. The van der Waals surface area contributed by atoms with Crippen molar-refractivity contribution in [3.05, 3.63) is 77.5 Å². The molecule has 1 nitrogen and oxygen atoms in total. The van der Waals surface area contributed by atoms with Crippen LogP contribution >= 0.6 is 0 Å². The van der Waals surface area contributed by atoms with Crippen LogP contribution in [0.5, 0.6) is 0 Å². The first-order chi connectivity index (χ1) is 8.34. The third-order valence-corrected chi connectivity index (χ3v) is 3.28. The van der Waals surface area contributed by atoms with Gasteiger partial charge in [0.2, 0.25) is 0 Å².